The summed E-state index contributed by atoms with van der Waals surface area (Å²) in [6.07, 6.45) is 7.06. The highest BCUT2D eigenvalue weighted by atomic mass is 16.3. The number of benzene rings is 1. The van der Waals surface area contributed by atoms with Gasteiger partial charge in [-0.15, -0.1) is 0 Å². The lowest BCUT2D eigenvalue weighted by atomic mass is 9.49. The normalized spacial score (nSPS) is 46.5. The van der Waals surface area contributed by atoms with Crippen LogP contribution in [-0.4, -0.2) is 34.1 Å². The van der Waals surface area contributed by atoms with E-state index in [1.165, 1.54) is 11.1 Å². The van der Waals surface area contributed by atoms with E-state index in [9.17, 15) is 9.90 Å². The molecule has 29 heavy (non-hydrogen) atoms. The molecular formula is C26H35NO2. The molecule has 1 N–H and O–H groups in total. The van der Waals surface area contributed by atoms with Crippen molar-refractivity contribution in [3.05, 3.63) is 35.4 Å². The van der Waals surface area contributed by atoms with Crippen molar-refractivity contribution in [3.8, 4) is 0 Å². The minimum absolute atomic E-state index is 0.0688. The first-order valence-electron chi connectivity index (χ1n) is 11.8. The maximum atomic E-state index is 14.0. The largest absolute Gasteiger partial charge is 0.390 e. The number of fused-ring (bicyclic) bond motifs is 4. The minimum Gasteiger partial charge on any atom is -0.390 e. The number of piperidine rings is 1. The Labute approximate surface area is 174 Å². The van der Waals surface area contributed by atoms with E-state index in [1.54, 1.807) is 0 Å². The van der Waals surface area contributed by atoms with E-state index in [1.807, 2.05) is 0 Å². The van der Waals surface area contributed by atoms with Gasteiger partial charge in [0.25, 0.3) is 0 Å². The molecule has 1 aliphatic heterocycles. The van der Waals surface area contributed by atoms with E-state index >= 15 is 0 Å². The molecule has 3 heteroatoms. The SMILES string of the molecule is CC1(C)[C@@H]2Cc3ccccc3[C@]1(C)CCN2C(=O)C1C2CC3CC1CC(O)(C3)C2. The fourth-order valence-electron chi connectivity index (χ4n) is 8.71. The predicted molar refractivity (Wildman–Crippen MR) is 113 cm³/mol. The standard InChI is InChI=1S/C26H35NO2/c1-24(2)21-12-17-6-4-5-7-20(17)25(24,3)8-9-27(21)23(28)22-18-10-16-11-19(22)15-26(29,13-16)14-18/h4-7,16,18-19,21-22,29H,8-15H2,1-3H3/t16?,18?,19?,21-,22?,25-,26?/m0/s1. The van der Waals surface area contributed by atoms with Crippen LogP contribution in [0.25, 0.3) is 0 Å². The lowest BCUT2D eigenvalue weighted by Crippen LogP contribution is -2.67. The first kappa shape index (κ1) is 18.4. The van der Waals surface area contributed by atoms with Gasteiger partial charge in [0, 0.05) is 23.9 Å². The Bertz CT molecular complexity index is 859. The summed E-state index contributed by atoms with van der Waals surface area (Å²) >= 11 is 0. The van der Waals surface area contributed by atoms with E-state index in [4.69, 9.17) is 0 Å². The quantitative estimate of drug-likeness (QED) is 0.772. The summed E-state index contributed by atoms with van der Waals surface area (Å²) in [5.74, 6) is 2.05. The maximum Gasteiger partial charge on any atom is 0.226 e. The highest BCUT2D eigenvalue weighted by Gasteiger charge is 2.61. The van der Waals surface area contributed by atoms with E-state index in [2.05, 4.69) is 49.9 Å². The fraction of sp³-hybridized carbons (Fsp3) is 0.731. The molecule has 5 aliphatic carbocycles. The van der Waals surface area contributed by atoms with E-state index in [0.29, 0.717) is 23.7 Å². The zero-order chi connectivity index (χ0) is 20.2. The molecule has 3 nitrogen and oxygen atoms in total. The van der Waals surface area contributed by atoms with Crippen LogP contribution in [0.1, 0.15) is 70.4 Å². The average molecular weight is 394 g/mol. The molecule has 2 unspecified atom stereocenters. The van der Waals surface area contributed by atoms with Crippen LogP contribution in [0, 0.1) is 29.1 Å². The predicted octanol–water partition coefficient (Wildman–Crippen LogP) is 4.31. The lowest BCUT2D eigenvalue weighted by Gasteiger charge is -2.63. The first-order valence-corrected chi connectivity index (χ1v) is 11.8. The summed E-state index contributed by atoms with van der Waals surface area (Å²) in [4.78, 5) is 16.3. The number of likely N-dealkylation sites (tertiary alicyclic amines) is 1. The average Bonchev–Trinajstić information content (AvgIpc) is 2.63. The summed E-state index contributed by atoms with van der Waals surface area (Å²) in [5.41, 5.74) is 2.68. The van der Waals surface area contributed by atoms with Gasteiger partial charge in [-0.25, -0.2) is 0 Å². The summed E-state index contributed by atoms with van der Waals surface area (Å²) in [7, 11) is 0. The van der Waals surface area contributed by atoms with E-state index < -0.39 is 5.60 Å². The van der Waals surface area contributed by atoms with Gasteiger partial charge in [-0.1, -0.05) is 45.0 Å². The molecule has 4 atom stereocenters. The van der Waals surface area contributed by atoms with Crippen LogP contribution in [0.5, 0.6) is 0 Å². The highest BCUT2D eigenvalue weighted by molar-refractivity contribution is 5.81. The minimum atomic E-state index is -0.462. The van der Waals surface area contributed by atoms with Gasteiger partial charge in [-0.3, -0.25) is 4.79 Å². The summed E-state index contributed by atoms with van der Waals surface area (Å²) < 4.78 is 0. The Morgan fingerprint density at radius 3 is 2.45 bits per heavy atom. The molecule has 5 fully saturated rings. The molecule has 6 aliphatic rings. The van der Waals surface area contributed by atoms with Crippen molar-refractivity contribution < 1.29 is 9.90 Å². The number of aliphatic hydroxyl groups is 1. The van der Waals surface area contributed by atoms with E-state index in [-0.39, 0.29) is 22.8 Å². The molecule has 0 spiro atoms. The summed E-state index contributed by atoms with van der Waals surface area (Å²) in [5, 5.41) is 11.0. The topological polar surface area (TPSA) is 40.5 Å². The number of hydrogen-bond donors (Lipinski definition) is 1. The van der Waals surface area contributed by atoms with Crippen molar-refractivity contribution in [2.45, 2.75) is 82.8 Å². The molecule has 0 aromatic heterocycles. The second-order valence-electron chi connectivity index (χ2n) is 11.9. The van der Waals surface area contributed by atoms with E-state index in [0.717, 1.165) is 51.5 Å². The molecule has 156 valence electrons. The summed E-state index contributed by atoms with van der Waals surface area (Å²) in [6, 6.07) is 9.22. The number of rotatable bonds is 1. The zero-order valence-electron chi connectivity index (χ0n) is 18.2. The second-order valence-corrected chi connectivity index (χ2v) is 11.9. The van der Waals surface area contributed by atoms with Gasteiger partial charge >= 0.3 is 0 Å². The Balaban J connectivity index is 1.34. The third-order valence-corrected chi connectivity index (χ3v) is 10.3. The van der Waals surface area contributed by atoms with Crippen molar-refractivity contribution in [2.24, 2.45) is 29.1 Å². The lowest BCUT2D eigenvalue weighted by molar-refractivity contribution is -0.179. The Kier molecular flexibility index (Phi) is 3.60. The number of amides is 1. The first-order chi connectivity index (χ1) is 13.7. The van der Waals surface area contributed by atoms with Crippen LogP contribution in [0.2, 0.25) is 0 Å². The van der Waals surface area contributed by atoms with Crippen molar-refractivity contribution in [2.75, 3.05) is 6.54 Å². The molecular weight excluding hydrogens is 358 g/mol. The van der Waals surface area contributed by atoms with Crippen LogP contribution in [-0.2, 0) is 16.6 Å². The smallest absolute Gasteiger partial charge is 0.226 e. The number of hydrogen-bond acceptors (Lipinski definition) is 2. The molecule has 4 saturated carbocycles. The third kappa shape index (κ3) is 2.31. The maximum absolute atomic E-state index is 14.0. The summed E-state index contributed by atoms with van der Waals surface area (Å²) in [6.45, 7) is 8.11. The number of carbonyl (C=O) groups excluding carboxylic acids is 1. The van der Waals surface area contributed by atoms with Crippen LogP contribution < -0.4 is 0 Å². The molecule has 0 radical (unpaired) electrons. The van der Waals surface area contributed by atoms with Crippen molar-refractivity contribution in [3.63, 3.8) is 0 Å². The number of nitrogens with zero attached hydrogens (tertiary/aromatic N) is 1. The number of carbonyl (C=O) groups is 1. The van der Waals surface area contributed by atoms with Gasteiger partial charge in [-0.05, 0) is 79.2 Å². The molecule has 7 rings (SSSR count). The Hall–Kier alpha value is -1.35. The fourth-order valence-corrected chi connectivity index (χ4v) is 8.71. The van der Waals surface area contributed by atoms with Crippen LogP contribution in [0.3, 0.4) is 0 Å². The zero-order valence-corrected chi connectivity index (χ0v) is 18.2. The third-order valence-electron chi connectivity index (χ3n) is 10.3. The van der Waals surface area contributed by atoms with Crippen molar-refractivity contribution in [1.82, 2.24) is 4.90 Å². The molecule has 1 aromatic carbocycles. The van der Waals surface area contributed by atoms with Gasteiger partial charge < -0.3 is 10.0 Å². The highest BCUT2D eigenvalue weighted by Crippen LogP contribution is 2.60. The Morgan fingerprint density at radius 2 is 1.76 bits per heavy atom. The van der Waals surface area contributed by atoms with Gasteiger partial charge in [-0.2, -0.15) is 0 Å². The van der Waals surface area contributed by atoms with Crippen molar-refractivity contribution in [1.29, 1.82) is 0 Å². The molecule has 1 aromatic rings. The molecule has 1 heterocycles. The van der Waals surface area contributed by atoms with Crippen LogP contribution in [0.15, 0.2) is 24.3 Å². The van der Waals surface area contributed by atoms with Gasteiger partial charge in [0.15, 0.2) is 0 Å². The van der Waals surface area contributed by atoms with Gasteiger partial charge in [0.05, 0.1) is 5.60 Å². The van der Waals surface area contributed by atoms with Crippen LogP contribution in [0.4, 0.5) is 0 Å². The van der Waals surface area contributed by atoms with Gasteiger partial charge in [0.1, 0.15) is 0 Å². The molecule has 1 saturated heterocycles. The Morgan fingerprint density at radius 1 is 1.07 bits per heavy atom. The second kappa shape index (κ2) is 5.66. The molecule has 6 bridgehead atoms. The molecule has 1 amide bonds. The monoisotopic (exact) mass is 393 g/mol. The van der Waals surface area contributed by atoms with Crippen molar-refractivity contribution >= 4 is 5.91 Å². The van der Waals surface area contributed by atoms with Gasteiger partial charge in [0.2, 0.25) is 5.91 Å². The van der Waals surface area contributed by atoms with Crippen LogP contribution >= 0.6 is 0 Å².